The first-order valence-electron chi connectivity index (χ1n) is 7.55. The number of aliphatic imine (C=N–C) groups is 2. The summed E-state index contributed by atoms with van der Waals surface area (Å²) in [4.78, 5) is 27.6. The fourth-order valence-electron chi connectivity index (χ4n) is 2.57. The molecule has 0 rings (SSSR count). The molecule has 0 bridgehead atoms. The Hall–Kier alpha value is -1.10. The van der Waals surface area contributed by atoms with E-state index in [1.54, 1.807) is 12.2 Å². The maximum absolute atomic E-state index is 10.3. The van der Waals surface area contributed by atoms with E-state index in [1.165, 1.54) is 0 Å². The van der Waals surface area contributed by atoms with Crippen molar-refractivity contribution in [2.45, 2.75) is 51.6 Å². The molecule has 1 atom stereocenters. The van der Waals surface area contributed by atoms with E-state index in [0.717, 1.165) is 25.3 Å². The van der Waals surface area contributed by atoms with Crippen LogP contribution in [0.15, 0.2) is 9.98 Å². The van der Waals surface area contributed by atoms with E-state index in [1.807, 2.05) is 13.8 Å². The van der Waals surface area contributed by atoms with E-state index < -0.39 is 8.56 Å². The first kappa shape index (κ1) is 19.9. The average molecular weight is 314 g/mol. The number of rotatable bonds is 13. The van der Waals surface area contributed by atoms with Crippen molar-refractivity contribution in [2.24, 2.45) is 9.98 Å². The van der Waals surface area contributed by atoms with Crippen molar-refractivity contribution in [1.82, 2.24) is 0 Å². The molecule has 0 fully saturated rings. The molecule has 0 aromatic heterocycles. The molecule has 0 aliphatic carbocycles. The monoisotopic (exact) mass is 314 g/mol. The lowest BCUT2D eigenvalue weighted by molar-refractivity contribution is 0.169. The quantitative estimate of drug-likeness (QED) is 0.227. The van der Waals surface area contributed by atoms with Crippen LogP contribution < -0.4 is 0 Å². The zero-order valence-corrected chi connectivity index (χ0v) is 14.3. The highest BCUT2D eigenvalue weighted by Gasteiger charge is 2.43. The van der Waals surface area contributed by atoms with Gasteiger partial charge in [0.1, 0.15) is 0 Å². The van der Waals surface area contributed by atoms with Crippen LogP contribution in [0.3, 0.4) is 0 Å². The molecule has 21 heavy (non-hydrogen) atoms. The van der Waals surface area contributed by atoms with Crippen molar-refractivity contribution in [3.8, 4) is 0 Å². The average Bonchev–Trinajstić information content (AvgIpc) is 2.49. The molecule has 0 aromatic rings. The Balaban J connectivity index is 4.95. The smallest absolute Gasteiger partial charge is 0.341 e. The largest absolute Gasteiger partial charge is 0.394 e. The molecule has 0 spiro atoms. The fraction of sp³-hybridized carbons (Fsp3) is 0.857. The summed E-state index contributed by atoms with van der Waals surface area (Å²) >= 11 is 0. The molecule has 0 saturated heterocycles. The second-order valence-corrected chi connectivity index (χ2v) is 8.33. The Morgan fingerprint density at radius 3 is 2.00 bits per heavy atom. The predicted octanol–water partition coefficient (Wildman–Crippen LogP) is 2.73. The van der Waals surface area contributed by atoms with Crippen molar-refractivity contribution in [1.29, 1.82) is 0 Å². The third-order valence-electron chi connectivity index (χ3n) is 3.43. The topological polar surface area (TPSA) is 77.3 Å². The van der Waals surface area contributed by atoms with Gasteiger partial charge in [-0.05, 0) is 39.2 Å². The normalized spacial score (nSPS) is 12.3. The molecule has 0 heterocycles. The van der Waals surface area contributed by atoms with E-state index >= 15 is 0 Å². The Labute approximate surface area is 127 Å². The Kier molecular flexibility index (Phi) is 12.0. The summed E-state index contributed by atoms with van der Waals surface area (Å²) in [5.41, 5.74) is 0.223. The molecule has 0 aliphatic rings. The van der Waals surface area contributed by atoms with E-state index in [4.69, 9.17) is 8.85 Å². The summed E-state index contributed by atoms with van der Waals surface area (Å²) in [6.07, 6.45) is 5.48. The van der Waals surface area contributed by atoms with E-state index in [2.05, 4.69) is 16.9 Å². The maximum atomic E-state index is 10.3. The summed E-state index contributed by atoms with van der Waals surface area (Å²) in [5, 5.41) is 0. The Bertz CT molecular complexity index is 360. The summed E-state index contributed by atoms with van der Waals surface area (Å²) in [6, 6.07) is 0.848. The van der Waals surface area contributed by atoms with Crippen molar-refractivity contribution < 1.29 is 18.4 Å². The maximum Gasteiger partial charge on any atom is 0.341 e. The number of hydrogen-bond donors (Lipinski definition) is 0. The van der Waals surface area contributed by atoms with Gasteiger partial charge in [-0.25, -0.2) is 19.6 Å². The van der Waals surface area contributed by atoms with E-state index in [-0.39, 0.29) is 5.54 Å². The minimum Gasteiger partial charge on any atom is -0.394 e. The van der Waals surface area contributed by atoms with Crippen molar-refractivity contribution in [3.63, 3.8) is 0 Å². The zero-order valence-electron chi connectivity index (χ0n) is 13.3. The van der Waals surface area contributed by atoms with Crippen LogP contribution in [0.1, 0.15) is 40.0 Å². The summed E-state index contributed by atoms with van der Waals surface area (Å²) in [5.74, 6) is 0. The molecule has 0 aromatic carbocycles. The molecule has 7 heteroatoms. The van der Waals surface area contributed by atoms with Crippen LogP contribution in [0.4, 0.5) is 0 Å². The van der Waals surface area contributed by atoms with Crippen LogP contribution in [0.5, 0.6) is 0 Å². The molecule has 6 nitrogen and oxygen atoms in total. The molecule has 0 radical (unpaired) electrons. The number of carbonyl (C=O) groups excluding carboxylic acids is 2. The standard InChI is InChI=1S/C14H26N2O4Si/c1-4-19-21(6-3,20-5-2)14(9-11-16-13-18)8-7-10-15-12-17/h14H,4-11H2,1-3H3. The zero-order chi connectivity index (χ0) is 16.0. The lowest BCUT2D eigenvalue weighted by Gasteiger charge is -2.36. The second kappa shape index (κ2) is 12.6. The molecule has 0 N–H and O–H groups in total. The van der Waals surface area contributed by atoms with Gasteiger partial charge in [0, 0.05) is 18.8 Å². The third-order valence-corrected chi connectivity index (χ3v) is 7.79. The third kappa shape index (κ3) is 7.46. The molecule has 0 saturated carbocycles. The Morgan fingerprint density at radius 1 is 0.952 bits per heavy atom. The summed E-state index contributed by atoms with van der Waals surface area (Å²) in [6.45, 7) is 8.13. The molecule has 0 amide bonds. The van der Waals surface area contributed by atoms with Gasteiger partial charge in [-0.1, -0.05) is 6.92 Å². The highest BCUT2D eigenvalue weighted by Crippen LogP contribution is 2.35. The van der Waals surface area contributed by atoms with Gasteiger partial charge >= 0.3 is 8.56 Å². The first-order chi connectivity index (χ1) is 10.2. The number of nitrogens with zero attached hydrogens (tertiary/aromatic N) is 2. The van der Waals surface area contributed by atoms with E-state index in [0.29, 0.717) is 26.3 Å². The van der Waals surface area contributed by atoms with Crippen LogP contribution >= 0.6 is 0 Å². The van der Waals surface area contributed by atoms with Crippen LogP contribution in [0.25, 0.3) is 0 Å². The van der Waals surface area contributed by atoms with Crippen molar-refractivity contribution in [2.75, 3.05) is 26.3 Å². The highest BCUT2D eigenvalue weighted by molar-refractivity contribution is 6.69. The van der Waals surface area contributed by atoms with Crippen LogP contribution in [0.2, 0.25) is 11.6 Å². The summed E-state index contributed by atoms with van der Waals surface area (Å²) < 4.78 is 12.1. The minimum atomic E-state index is -2.34. The lowest BCUT2D eigenvalue weighted by atomic mass is 10.2. The van der Waals surface area contributed by atoms with Gasteiger partial charge < -0.3 is 8.85 Å². The molecular weight excluding hydrogens is 288 g/mol. The van der Waals surface area contributed by atoms with Crippen LogP contribution in [-0.2, 0) is 18.4 Å². The molecule has 0 aliphatic heterocycles. The van der Waals surface area contributed by atoms with Gasteiger partial charge in [0.05, 0.1) is 13.1 Å². The lowest BCUT2D eigenvalue weighted by Crippen LogP contribution is -2.47. The molecule has 1 unspecified atom stereocenters. The van der Waals surface area contributed by atoms with Gasteiger partial charge in [0.15, 0.2) is 0 Å². The van der Waals surface area contributed by atoms with Gasteiger partial charge in [-0.3, -0.25) is 0 Å². The van der Waals surface area contributed by atoms with Crippen molar-refractivity contribution in [3.05, 3.63) is 0 Å². The first-order valence-corrected chi connectivity index (χ1v) is 9.65. The number of hydrogen-bond acceptors (Lipinski definition) is 6. The van der Waals surface area contributed by atoms with Gasteiger partial charge in [-0.2, -0.15) is 0 Å². The SMILES string of the molecule is CCO[Si](CC)(OCC)C(CCCN=C=O)CCN=C=O. The van der Waals surface area contributed by atoms with Crippen molar-refractivity contribution >= 4 is 20.7 Å². The Morgan fingerprint density at radius 2 is 1.52 bits per heavy atom. The summed E-state index contributed by atoms with van der Waals surface area (Å²) in [7, 11) is -2.34. The van der Waals surface area contributed by atoms with E-state index in [9.17, 15) is 9.59 Å². The van der Waals surface area contributed by atoms with Gasteiger partial charge in [0.25, 0.3) is 0 Å². The second-order valence-electron chi connectivity index (χ2n) is 4.61. The predicted molar refractivity (Wildman–Crippen MR) is 83.1 cm³/mol. The van der Waals surface area contributed by atoms with Crippen LogP contribution in [0, 0.1) is 0 Å². The molecule has 120 valence electrons. The van der Waals surface area contributed by atoms with Gasteiger partial charge in [-0.15, -0.1) is 0 Å². The highest BCUT2D eigenvalue weighted by atomic mass is 28.4. The van der Waals surface area contributed by atoms with Gasteiger partial charge in [0.2, 0.25) is 12.2 Å². The fourth-order valence-corrected chi connectivity index (χ4v) is 6.30. The number of isocyanates is 2. The molecular formula is C14H26N2O4Si. The van der Waals surface area contributed by atoms with Crippen LogP contribution in [-0.4, -0.2) is 47.0 Å². The minimum absolute atomic E-state index is 0.223.